The number of tetrazole rings is 1. The van der Waals surface area contributed by atoms with E-state index in [0.29, 0.717) is 29.9 Å². The average Bonchev–Trinajstić information content (AvgIpc) is 3.14. The lowest BCUT2D eigenvalue weighted by Gasteiger charge is -2.22. The van der Waals surface area contributed by atoms with E-state index in [1.165, 1.54) is 19.3 Å². The molecule has 1 aromatic heterocycles. The lowest BCUT2D eigenvalue weighted by molar-refractivity contribution is -0.123. The van der Waals surface area contributed by atoms with Crippen LogP contribution in [0.2, 0.25) is 0 Å². The highest BCUT2D eigenvalue weighted by molar-refractivity contribution is 5.77. The molecule has 1 amide bonds. The number of amides is 1. The molecule has 1 aromatic carbocycles. The van der Waals surface area contributed by atoms with Crippen molar-refractivity contribution in [3.05, 3.63) is 30.1 Å². The number of aromatic nitrogens is 4. The van der Waals surface area contributed by atoms with Gasteiger partial charge in [-0.05, 0) is 35.4 Å². The molecule has 0 spiro atoms. The summed E-state index contributed by atoms with van der Waals surface area (Å²) in [6.07, 6.45) is 5.84. The van der Waals surface area contributed by atoms with Crippen molar-refractivity contribution in [3.8, 4) is 11.5 Å². The lowest BCUT2D eigenvalue weighted by atomic mass is 9.96. The number of methoxy groups -OCH3 is 1. The monoisotopic (exact) mass is 345 g/mol. The smallest absolute Gasteiger partial charge is 0.258 e. The standard InChI is InChI=1S/C17H23N5O3/c1-24-14-8-5-9-15(10-14)25-12-17(23)18-11-16-19-20-21-22(16)13-6-3-2-4-7-13/h5,8-10,13H,2-4,6-7,11-12H2,1H3,(H,18,23). The van der Waals surface area contributed by atoms with Crippen LogP contribution in [0.4, 0.5) is 0 Å². The summed E-state index contributed by atoms with van der Waals surface area (Å²) >= 11 is 0. The number of rotatable bonds is 7. The van der Waals surface area contributed by atoms with Crippen LogP contribution in [0.25, 0.3) is 0 Å². The van der Waals surface area contributed by atoms with Crippen LogP contribution in [0.1, 0.15) is 44.0 Å². The first-order valence-corrected chi connectivity index (χ1v) is 8.56. The van der Waals surface area contributed by atoms with Crippen molar-refractivity contribution in [2.24, 2.45) is 0 Å². The topological polar surface area (TPSA) is 91.2 Å². The quantitative estimate of drug-likeness (QED) is 0.824. The molecule has 1 N–H and O–H groups in total. The highest BCUT2D eigenvalue weighted by atomic mass is 16.5. The Bertz CT molecular complexity index is 697. The Morgan fingerprint density at radius 3 is 2.88 bits per heavy atom. The number of benzene rings is 1. The minimum absolute atomic E-state index is 0.0713. The number of carbonyl (C=O) groups excluding carboxylic acids is 1. The van der Waals surface area contributed by atoms with E-state index in [9.17, 15) is 4.79 Å². The Kier molecular flexibility index (Phi) is 5.81. The number of hydrogen-bond acceptors (Lipinski definition) is 6. The van der Waals surface area contributed by atoms with Gasteiger partial charge in [0.05, 0.1) is 19.7 Å². The summed E-state index contributed by atoms with van der Waals surface area (Å²) in [6.45, 7) is 0.224. The lowest BCUT2D eigenvalue weighted by Crippen LogP contribution is -2.30. The summed E-state index contributed by atoms with van der Waals surface area (Å²) in [7, 11) is 1.59. The summed E-state index contributed by atoms with van der Waals surface area (Å²) in [4.78, 5) is 12.0. The summed E-state index contributed by atoms with van der Waals surface area (Å²) < 4.78 is 12.4. The summed E-state index contributed by atoms with van der Waals surface area (Å²) in [5, 5.41) is 14.7. The van der Waals surface area contributed by atoms with Crippen molar-refractivity contribution in [2.45, 2.75) is 44.7 Å². The predicted molar refractivity (Wildman–Crippen MR) is 90.3 cm³/mol. The van der Waals surface area contributed by atoms with Gasteiger partial charge in [-0.15, -0.1) is 5.10 Å². The molecule has 8 nitrogen and oxygen atoms in total. The Labute approximate surface area is 146 Å². The highest BCUT2D eigenvalue weighted by Crippen LogP contribution is 2.27. The molecule has 1 aliphatic carbocycles. The Hall–Kier alpha value is -2.64. The van der Waals surface area contributed by atoms with Crippen molar-refractivity contribution in [1.82, 2.24) is 25.5 Å². The maximum atomic E-state index is 12.0. The van der Waals surface area contributed by atoms with E-state index in [1.807, 2.05) is 16.8 Å². The molecule has 0 radical (unpaired) electrons. The summed E-state index contributed by atoms with van der Waals surface area (Å²) in [6, 6.07) is 7.47. The molecule has 134 valence electrons. The van der Waals surface area contributed by atoms with Gasteiger partial charge >= 0.3 is 0 Å². The van der Waals surface area contributed by atoms with Crippen LogP contribution in [-0.4, -0.2) is 39.8 Å². The van der Waals surface area contributed by atoms with Crippen molar-refractivity contribution in [1.29, 1.82) is 0 Å². The van der Waals surface area contributed by atoms with Crippen molar-refractivity contribution in [3.63, 3.8) is 0 Å². The minimum Gasteiger partial charge on any atom is -0.497 e. The average molecular weight is 345 g/mol. The van der Waals surface area contributed by atoms with Crippen LogP contribution in [-0.2, 0) is 11.3 Å². The van der Waals surface area contributed by atoms with E-state index >= 15 is 0 Å². The van der Waals surface area contributed by atoms with Gasteiger partial charge in [0.2, 0.25) is 0 Å². The van der Waals surface area contributed by atoms with Gasteiger partial charge in [-0.2, -0.15) is 0 Å². The molecule has 2 aromatic rings. The van der Waals surface area contributed by atoms with E-state index in [2.05, 4.69) is 20.8 Å². The van der Waals surface area contributed by atoms with Crippen molar-refractivity contribution >= 4 is 5.91 Å². The van der Waals surface area contributed by atoms with Gasteiger partial charge in [0.15, 0.2) is 12.4 Å². The second kappa shape index (κ2) is 8.46. The maximum Gasteiger partial charge on any atom is 0.258 e. The second-order valence-corrected chi connectivity index (χ2v) is 6.08. The molecule has 1 heterocycles. The van der Waals surface area contributed by atoms with Crippen LogP contribution in [0.3, 0.4) is 0 Å². The zero-order valence-corrected chi connectivity index (χ0v) is 14.4. The van der Waals surface area contributed by atoms with Gasteiger partial charge in [0.1, 0.15) is 11.5 Å². The summed E-state index contributed by atoms with van der Waals surface area (Å²) in [5.74, 6) is 1.73. The Morgan fingerprint density at radius 1 is 1.28 bits per heavy atom. The first-order valence-electron chi connectivity index (χ1n) is 8.56. The van der Waals surface area contributed by atoms with Gasteiger partial charge in [-0.3, -0.25) is 4.79 Å². The zero-order chi connectivity index (χ0) is 17.5. The minimum atomic E-state index is -0.221. The molecular formula is C17H23N5O3. The largest absolute Gasteiger partial charge is 0.497 e. The van der Waals surface area contributed by atoms with Crippen LogP contribution >= 0.6 is 0 Å². The van der Waals surface area contributed by atoms with Crippen molar-refractivity contribution < 1.29 is 14.3 Å². The number of hydrogen-bond donors (Lipinski definition) is 1. The molecule has 8 heteroatoms. The van der Waals surface area contributed by atoms with E-state index in [1.54, 1.807) is 19.2 Å². The van der Waals surface area contributed by atoms with Crippen LogP contribution in [0, 0.1) is 0 Å². The number of carbonyl (C=O) groups is 1. The Balaban J connectivity index is 1.48. The fourth-order valence-corrected chi connectivity index (χ4v) is 3.01. The van der Waals surface area contributed by atoms with E-state index in [0.717, 1.165) is 12.8 Å². The second-order valence-electron chi connectivity index (χ2n) is 6.08. The van der Waals surface area contributed by atoms with E-state index < -0.39 is 0 Å². The fourth-order valence-electron chi connectivity index (χ4n) is 3.01. The van der Waals surface area contributed by atoms with Crippen LogP contribution < -0.4 is 14.8 Å². The first kappa shape index (κ1) is 17.2. The SMILES string of the molecule is COc1cccc(OCC(=O)NCc2nnnn2C2CCCCC2)c1. The summed E-state index contributed by atoms with van der Waals surface area (Å²) in [5.41, 5.74) is 0. The number of ether oxygens (including phenoxy) is 2. The van der Waals surface area contributed by atoms with Gasteiger partial charge in [0.25, 0.3) is 5.91 Å². The molecule has 3 rings (SSSR count). The highest BCUT2D eigenvalue weighted by Gasteiger charge is 2.20. The third-order valence-electron chi connectivity index (χ3n) is 4.34. The van der Waals surface area contributed by atoms with Gasteiger partial charge in [-0.25, -0.2) is 4.68 Å². The molecule has 0 saturated heterocycles. The van der Waals surface area contributed by atoms with E-state index in [-0.39, 0.29) is 12.5 Å². The molecule has 0 atom stereocenters. The third-order valence-corrected chi connectivity index (χ3v) is 4.34. The van der Waals surface area contributed by atoms with Crippen LogP contribution in [0.15, 0.2) is 24.3 Å². The van der Waals surface area contributed by atoms with Crippen LogP contribution in [0.5, 0.6) is 11.5 Å². The maximum absolute atomic E-state index is 12.0. The van der Waals surface area contributed by atoms with Crippen molar-refractivity contribution in [2.75, 3.05) is 13.7 Å². The Morgan fingerprint density at radius 2 is 2.08 bits per heavy atom. The molecule has 0 aliphatic heterocycles. The molecule has 25 heavy (non-hydrogen) atoms. The number of nitrogens with one attached hydrogen (secondary N) is 1. The molecule has 1 saturated carbocycles. The third kappa shape index (κ3) is 4.68. The molecular weight excluding hydrogens is 322 g/mol. The zero-order valence-electron chi connectivity index (χ0n) is 14.4. The van der Waals surface area contributed by atoms with Gasteiger partial charge < -0.3 is 14.8 Å². The molecule has 0 unspecified atom stereocenters. The molecule has 1 aliphatic rings. The fraction of sp³-hybridized carbons (Fsp3) is 0.529. The molecule has 1 fully saturated rings. The van der Waals surface area contributed by atoms with E-state index in [4.69, 9.17) is 9.47 Å². The van der Waals surface area contributed by atoms with Gasteiger partial charge in [-0.1, -0.05) is 25.3 Å². The first-order chi connectivity index (χ1) is 12.3. The van der Waals surface area contributed by atoms with Gasteiger partial charge in [0, 0.05) is 6.07 Å². The number of nitrogens with zero attached hydrogens (tertiary/aromatic N) is 4. The predicted octanol–water partition coefficient (Wildman–Crippen LogP) is 1.88. The molecule has 0 bridgehead atoms. The normalized spacial score (nSPS) is 14.9.